The van der Waals surface area contributed by atoms with Gasteiger partial charge in [-0.05, 0) is 25.8 Å². The maximum absolute atomic E-state index is 11.5. The van der Waals surface area contributed by atoms with Crippen LogP contribution in [0.5, 0.6) is 0 Å². The molecular formula is C15H22N2O. The Kier molecular flexibility index (Phi) is 4.37. The highest BCUT2D eigenvalue weighted by atomic mass is 16.2. The minimum atomic E-state index is 0.305. The SMILES string of the molecule is Cc1ccc(CNC(C)CN2CCCC2=O)cc1. The molecule has 1 saturated heterocycles. The molecule has 1 atom stereocenters. The molecule has 1 aromatic rings. The Hall–Kier alpha value is -1.35. The van der Waals surface area contributed by atoms with Crippen molar-refractivity contribution in [3.63, 3.8) is 0 Å². The van der Waals surface area contributed by atoms with Crippen LogP contribution >= 0.6 is 0 Å². The molecule has 18 heavy (non-hydrogen) atoms. The highest BCUT2D eigenvalue weighted by molar-refractivity contribution is 5.78. The zero-order valence-corrected chi connectivity index (χ0v) is 11.3. The van der Waals surface area contributed by atoms with Gasteiger partial charge in [-0.1, -0.05) is 29.8 Å². The number of hydrogen-bond donors (Lipinski definition) is 1. The van der Waals surface area contributed by atoms with E-state index in [0.717, 1.165) is 32.5 Å². The summed E-state index contributed by atoms with van der Waals surface area (Å²) >= 11 is 0. The van der Waals surface area contributed by atoms with Gasteiger partial charge in [0, 0.05) is 32.1 Å². The van der Waals surface area contributed by atoms with Crippen LogP contribution in [0, 0.1) is 6.92 Å². The van der Waals surface area contributed by atoms with Gasteiger partial charge in [-0.3, -0.25) is 4.79 Å². The van der Waals surface area contributed by atoms with E-state index in [1.165, 1.54) is 11.1 Å². The van der Waals surface area contributed by atoms with Gasteiger partial charge in [0.15, 0.2) is 0 Å². The molecule has 1 fully saturated rings. The molecule has 1 amide bonds. The van der Waals surface area contributed by atoms with Gasteiger partial charge in [-0.25, -0.2) is 0 Å². The van der Waals surface area contributed by atoms with Gasteiger partial charge in [0.25, 0.3) is 0 Å². The van der Waals surface area contributed by atoms with Crippen LogP contribution in [0.25, 0.3) is 0 Å². The number of amides is 1. The summed E-state index contributed by atoms with van der Waals surface area (Å²) in [5.41, 5.74) is 2.58. The van der Waals surface area contributed by atoms with Crippen molar-refractivity contribution in [2.75, 3.05) is 13.1 Å². The second-order valence-electron chi connectivity index (χ2n) is 5.21. The summed E-state index contributed by atoms with van der Waals surface area (Å²) in [6, 6.07) is 8.90. The van der Waals surface area contributed by atoms with E-state index in [1.54, 1.807) is 0 Å². The maximum Gasteiger partial charge on any atom is 0.222 e. The molecule has 0 saturated carbocycles. The molecule has 0 aromatic heterocycles. The van der Waals surface area contributed by atoms with Gasteiger partial charge in [0.05, 0.1) is 0 Å². The van der Waals surface area contributed by atoms with Crippen LogP contribution in [-0.4, -0.2) is 29.9 Å². The van der Waals surface area contributed by atoms with E-state index in [0.29, 0.717) is 11.9 Å². The summed E-state index contributed by atoms with van der Waals surface area (Å²) in [4.78, 5) is 13.5. The molecule has 1 aliphatic heterocycles. The Morgan fingerprint density at radius 1 is 1.33 bits per heavy atom. The van der Waals surface area contributed by atoms with Crippen molar-refractivity contribution in [3.05, 3.63) is 35.4 Å². The predicted molar refractivity (Wildman–Crippen MR) is 73.3 cm³/mol. The standard InChI is InChI=1S/C15H22N2O/c1-12-5-7-14(8-6-12)10-16-13(2)11-17-9-3-4-15(17)18/h5-8,13,16H,3-4,9-11H2,1-2H3. The van der Waals surface area contributed by atoms with Crippen molar-refractivity contribution < 1.29 is 4.79 Å². The monoisotopic (exact) mass is 246 g/mol. The van der Waals surface area contributed by atoms with E-state index in [1.807, 2.05) is 4.90 Å². The van der Waals surface area contributed by atoms with Crippen LogP contribution in [0.3, 0.4) is 0 Å². The molecule has 1 aromatic carbocycles. The summed E-state index contributed by atoms with van der Waals surface area (Å²) < 4.78 is 0. The fourth-order valence-electron chi connectivity index (χ4n) is 2.29. The Balaban J connectivity index is 1.76. The first kappa shape index (κ1) is 13.1. The molecule has 0 aliphatic carbocycles. The Labute approximate surface area is 109 Å². The number of likely N-dealkylation sites (tertiary alicyclic amines) is 1. The molecule has 2 rings (SSSR count). The largest absolute Gasteiger partial charge is 0.341 e. The quantitative estimate of drug-likeness (QED) is 0.863. The number of carbonyl (C=O) groups excluding carboxylic acids is 1. The first-order chi connectivity index (χ1) is 8.65. The van der Waals surface area contributed by atoms with Crippen molar-refractivity contribution >= 4 is 5.91 Å². The van der Waals surface area contributed by atoms with Crippen molar-refractivity contribution in [2.45, 2.75) is 39.3 Å². The first-order valence-electron chi connectivity index (χ1n) is 6.72. The maximum atomic E-state index is 11.5. The molecule has 0 spiro atoms. The molecule has 1 aliphatic rings. The van der Waals surface area contributed by atoms with Gasteiger partial charge in [-0.2, -0.15) is 0 Å². The van der Waals surface area contributed by atoms with E-state index in [-0.39, 0.29) is 0 Å². The van der Waals surface area contributed by atoms with Crippen LogP contribution < -0.4 is 5.32 Å². The lowest BCUT2D eigenvalue weighted by Crippen LogP contribution is -2.39. The number of carbonyl (C=O) groups is 1. The highest BCUT2D eigenvalue weighted by Crippen LogP contribution is 2.10. The molecule has 0 bridgehead atoms. The fraction of sp³-hybridized carbons (Fsp3) is 0.533. The third kappa shape index (κ3) is 3.57. The average Bonchev–Trinajstić information content (AvgIpc) is 2.74. The smallest absolute Gasteiger partial charge is 0.222 e. The van der Waals surface area contributed by atoms with Crippen LogP contribution in [0.2, 0.25) is 0 Å². The van der Waals surface area contributed by atoms with Crippen molar-refractivity contribution in [1.82, 2.24) is 10.2 Å². The average molecular weight is 246 g/mol. The van der Waals surface area contributed by atoms with Crippen LogP contribution in [0.4, 0.5) is 0 Å². The van der Waals surface area contributed by atoms with Crippen LogP contribution in [-0.2, 0) is 11.3 Å². The molecule has 1 unspecified atom stereocenters. The molecule has 0 radical (unpaired) electrons. The molecular weight excluding hydrogens is 224 g/mol. The normalized spacial score (nSPS) is 17.2. The zero-order chi connectivity index (χ0) is 13.0. The van der Waals surface area contributed by atoms with Crippen LogP contribution in [0.1, 0.15) is 30.9 Å². The number of hydrogen-bond acceptors (Lipinski definition) is 2. The first-order valence-corrected chi connectivity index (χ1v) is 6.72. The second-order valence-corrected chi connectivity index (χ2v) is 5.21. The highest BCUT2D eigenvalue weighted by Gasteiger charge is 2.21. The summed E-state index contributed by atoms with van der Waals surface area (Å²) in [6.45, 7) is 6.85. The number of rotatable bonds is 5. The van der Waals surface area contributed by atoms with E-state index < -0.39 is 0 Å². The summed E-state index contributed by atoms with van der Waals surface area (Å²) in [6.07, 6.45) is 1.74. The summed E-state index contributed by atoms with van der Waals surface area (Å²) in [5.74, 6) is 0.305. The van der Waals surface area contributed by atoms with Crippen LogP contribution in [0.15, 0.2) is 24.3 Å². The van der Waals surface area contributed by atoms with Crippen molar-refractivity contribution in [3.8, 4) is 0 Å². The lowest BCUT2D eigenvalue weighted by atomic mass is 10.1. The fourth-order valence-corrected chi connectivity index (χ4v) is 2.29. The molecule has 1 N–H and O–H groups in total. The Bertz CT molecular complexity index is 399. The van der Waals surface area contributed by atoms with Gasteiger partial charge in [0.2, 0.25) is 5.91 Å². The minimum absolute atomic E-state index is 0.305. The van der Waals surface area contributed by atoms with E-state index >= 15 is 0 Å². The summed E-state index contributed by atoms with van der Waals surface area (Å²) in [7, 11) is 0. The van der Waals surface area contributed by atoms with E-state index in [2.05, 4.69) is 43.4 Å². The summed E-state index contributed by atoms with van der Waals surface area (Å²) in [5, 5.41) is 3.47. The number of nitrogens with one attached hydrogen (secondary N) is 1. The minimum Gasteiger partial charge on any atom is -0.341 e. The number of benzene rings is 1. The third-order valence-corrected chi connectivity index (χ3v) is 3.44. The van der Waals surface area contributed by atoms with Gasteiger partial charge in [-0.15, -0.1) is 0 Å². The molecule has 3 heteroatoms. The van der Waals surface area contributed by atoms with E-state index in [9.17, 15) is 4.79 Å². The van der Waals surface area contributed by atoms with E-state index in [4.69, 9.17) is 0 Å². The number of nitrogens with zero attached hydrogens (tertiary/aromatic N) is 1. The third-order valence-electron chi connectivity index (χ3n) is 3.44. The molecule has 3 nitrogen and oxygen atoms in total. The predicted octanol–water partition coefficient (Wildman–Crippen LogP) is 2.10. The Morgan fingerprint density at radius 3 is 2.67 bits per heavy atom. The lowest BCUT2D eigenvalue weighted by Gasteiger charge is -2.21. The molecule has 1 heterocycles. The van der Waals surface area contributed by atoms with Crippen molar-refractivity contribution in [2.24, 2.45) is 0 Å². The molecule has 98 valence electrons. The lowest BCUT2D eigenvalue weighted by molar-refractivity contribution is -0.127. The van der Waals surface area contributed by atoms with Gasteiger partial charge < -0.3 is 10.2 Å². The Morgan fingerprint density at radius 2 is 2.06 bits per heavy atom. The topological polar surface area (TPSA) is 32.3 Å². The van der Waals surface area contributed by atoms with Gasteiger partial charge in [0.1, 0.15) is 0 Å². The van der Waals surface area contributed by atoms with Crippen molar-refractivity contribution in [1.29, 1.82) is 0 Å². The number of aryl methyl sites for hydroxylation is 1. The van der Waals surface area contributed by atoms with Gasteiger partial charge >= 0.3 is 0 Å². The second kappa shape index (κ2) is 6.01. The zero-order valence-electron chi connectivity index (χ0n) is 11.3.